The zero-order valence-corrected chi connectivity index (χ0v) is 21.0. The number of hydrogen-bond acceptors (Lipinski definition) is 8. The molecule has 0 saturated carbocycles. The van der Waals surface area contributed by atoms with Gasteiger partial charge in [0.05, 0.1) is 25.1 Å². The van der Waals surface area contributed by atoms with Gasteiger partial charge in [0, 0.05) is 56.1 Å². The van der Waals surface area contributed by atoms with Crippen molar-refractivity contribution in [3.8, 4) is 11.1 Å². The first kappa shape index (κ1) is 32.5. The van der Waals surface area contributed by atoms with Crippen LogP contribution in [-0.2, 0) is 21.4 Å². The number of morpholine rings is 1. The SMILES string of the molecule is Cn1cc(-c2cnc(N3CCOCC3)nc2)cc1C(=O)Nc1cccnc1.O=C(O)C(F)(F)F.O=C(O)C(F)(F)F. The van der Waals surface area contributed by atoms with E-state index in [0.29, 0.717) is 30.5 Å². The van der Waals surface area contributed by atoms with Crippen molar-refractivity contribution >= 4 is 29.5 Å². The molecule has 222 valence electrons. The standard InChI is InChI=1S/C19H20N6O2.2C2HF3O2/c1-24-13-14(9-17(24)18(26)23-16-3-2-4-20-12-16)15-10-21-19(22-11-15)25-5-7-27-8-6-25;2*3-2(4,5)1(6)7/h2-4,9-13H,5-8H2,1H3,(H,23,26);2*(H,6,7). The van der Waals surface area contributed by atoms with Crippen LogP contribution in [0.2, 0.25) is 0 Å². The first-order valence-corrected chi connectivity index (χ1v) is 11.2. The normalized spacial score (nSPS) is 13.2. The number of amides is 1. The maximum Gasteiger partial charge on any atom is 0.490 e. The fourth-order valence-corrected chi connectivity index (χ4v) is 2.98. The van der Waals surface area contributed by atoms with Crippen LogP contribution >= 0.6 is 0 Å². The Morgan fingerprint density at radius 3 is 1.93 bits per heavy atom. The van der Waals surface area contributed by atoms with E-state index in [1.54, 1.807) is 41.5 Å². The number of halogens is 6. The van der Waals surface area contributed by atoms with Crippen LogP contribution in [0.3, 0.4) is 0 Å². The number of anilines is 2. The summed E-state index contributed by atoms with van der Waals surface area (Å²) >= 11 is 0. The van der Waals surface area contributed by atoms with E-state index < -0.39 is 24.3 Å². The fourth-order valence-electron chi connectivity index (χ4n) is 2.98. The smallest absolute Gasteiger partial charge is 0.475 e. The molecule has 1 aliphatic heterocycles. The van der Waals surface area contributed by atoms with Crippen LogP contribution in [0.25, 0.3) is 11.1 Å². The van der Waals surface area contributed by atoms with Crippen molar-refractivity contribution in [3.63, 3.8) is 0 Å². The summed E-state index contributed by atoms with van der Waals surface area (Å²) in [5.74, 6) is -5.00. The maximum absolute atomic E-state index is 12.5. The van der Waals surface area contributed by atoms with Crippen molar-refractivity contribution in [2.24, 2.45) is 7.05 Å². The minimum absolute atomic E-state index is 0.192. The molecule has 1 saturated heterocycles. The second-order valence-electron chi connectivity index (χ2n) is 7.90. The highest BCUT2D eigenvalue weighted by Crippen LogP contribution is 2.22. The molecule has 4 heterocycles. The van der Waals surface area contributed by atoms with Gasteiger partial charge in [-0.1, -0.05) is 0 Å². The predicted octanol–water partition coefficient (Wildman–Crippen LogP) is 3.23. The molecule has 3 aromatic heterocycles. The van der Waals surface area contributed by atoms with Gasteiger partial charge in [-0.15, -0.1) is 0 Å². The predicted molar refractivity (Wildman–Crippen MR) is 129 cm³/mol. The van der Waals surface area contributed by atoms with Crippen LogP contribution in [0.4, 0.5) is 38.0 Å². The number of alkyl halides is 6. The summed E-state index contributed by atoms with van der Waals surface area (Å²) in [6, 6.07) is 5.41. The van der Waals surface area contributed by atoms with Gasteiger partial charge in [-0.3, -0.25) is 9.78 Å². The van der Waals surface area contributed by atoms with Crippen molar-refractivity contribution in [1.29, 1.82) is 0 Å². The summed E-state index contributed by atoms with van der Waals surface area (Å²) in [6.07, 6.45) is -1.42. The largest absolute Gasteiger partial charge is 0.490 e. The summed E-state index contributed by atoms with van der Waals surface area (Å²) in [7, 11) is 1.84. The van der Waals surface area contributed by atoms with E-state index in [1.807, 2.05) is 19.3 Å². The number of nitrogens with zero attached hydrogens (tertiary/aromatic N) is 5. The van der Waals surface area contributed by atoms with Gasteiger partial charge in [0.25, 0.3) is 5.91 Å². The number of carboxylic acid groups (broad SMARTS) is 2. The highest BCUT2D eigenvalue weighted by molar-refractivity contribution is 6.04. The van der Waals surface area contributed by atoms with Gasteiger partial charge >= 0.3 is 24.3 Å². The number of carbonyl (C=O) groups is 3. The van der Waals surface area contributed by atoms with Crippen LogP contribution in [0.5, 0.6) is 0 Å². The second-order valence-corrected chi connectivity index (χ2v) is 7.90. The molecule has 18 heteroatoms. The maximum atomic E-state index is 12.5. The number of nitrogens with one attached hydrogen (secondary N) is 1. The molecule has 4 rings (SSSR count). The summed E-state index contributed by atoms with van der Waals surface area (Å²) < 4.78 is 70.6. The Labute approximate surface area is 227 Å². The Kier molecular flexibility index (Phi) is 11.1. The number of hydrogen-bond donors (Lipinski definition) is 3. The van der Waals surface area contributed by atoms with Gasteiger partial charge in [-0.25, -0.2) is 19.6 Å². The van der Waals surface area contributed by atoms with Crippen LogP contribution in [0, 0.1) is 0 Å². The third kappa shape index (κ3) is 10.4. The highest BCUT2D eigenvalue weighted by atomic mass is 19.4. The summed E-state index contributed by atoms with van der Waals surface area (Å²) in [5.41, 5.74) is 2.96. The summed E-state index contributed by atoms with van der Waals surface area (Å²) in [5, 5.41) is 17.1. The zero-order valence-electron chi connectivity index (χ0n) is 21.0. The number of aliphatic carboxylic acids is 2. The Balaban J connectivity index is 0.000000349. The van der Waals surface area contributed by atoms with Crippen LogP contribution in [-0.4, -0.2) is 86.2 Å². The van der Waals surface area contributed by atoms with E-state index in [-0.39, 0.29) is 5.91 Å². The molecule has 1 fully saturated rings. The van der Waals surface area contributed by atoms with Crippen molar-refractivity contribution in [2.75, 3.05) is 36.5 Å². The van der Waals surface area contributed by atoms with Gasteiger partial charge < -0.3 is 29.7 Å². The number of pyridine rings is 1. The second kappa shape index (κ2) is 14.1. The van der Waals surface area contributed by atoms with Crippen molar-refractivity contribution in [3.05, 3.63) is 54.9 Å². The monoisotopic (exact) mass is 592 g/mol. The van der Waals surface area contributed by atoms with Crippen LogP contribution in [0.15, 0.2) is 49.2 Å². The van der Waals surface area contributed by atoms with Crippen molar-refractivity contribution < 1.29 is 55.7 Å². The molecule has 12 nitrogen and oxygen atoms in total. The van der Waals surface area contributed by atoms with E-state index >= 15 is 0 Å². The number of carboxylic acids is 2. The molecule has 3 N–H and O–H groups in total. The molecule has 0 unspecified atom stereocenters. The quantitative estimate of drug-likeness (QED) is 0.384. The van der Waals surface area contributed by atoms with Crippen molar-refractivity contribution in [2.45, 2.75) is 12.4 Å². The van der Waals surface area contributed by atoms with Crippen molar-refractivity contribution in [1.82, 2.24) is 19.5 Å². The molecule has 3 aromatic rings. The third-order valence-corrected chi connectivity index (χ3v) is 4.91. The van der Waals surface area contributed by atoms with E-state index in [2.05, 4.69) is 25.2 Å². The van der Waals surface area contributed by atoms with E-state index in [0.717, 1.165) is 24.2 Å². The fraction of sp³-hybridized carbons (Fsp3) is 0.304. The Hall–Kier alpha value is -4.74. The number of ether oxygens (including phenoxy) is 1. The molecule has 0 aliphatic carbocycles. The molecule has 0 spiro atoms. The Morgan fingerprint density at radius 1 is 0.927 bits per heavy atom. The van der Waals surface area contributed by atoms with E-state index in [4.69, 9.17) is 24.5 Å². The third-order valence-electron chi connectivity index (χ3n) is 4.91. The van der Waals surface area contributed by atoms with Gasteiger partial charge in [0.2, 0.25) is 5.95 Å². The lowest BCUT2D eigenvalue weighted by molar-refractivity contribution is -0.193. The topological polar surface area (TPSA) is 160 Å². The van der Waals surface area contributed by atoms with Gasteiger partial charge in [0.15, 0.2) is 0 Å². The molecule has 0 atom stereocenters. The molecule has 0 radical (unpaired) electrons. The zero-order chi connectivity index (χ0) is 30.8. The Morgan fingerprint density at radius 2 is 1.46 bits per heavy atom. The molecule has 0 aromatic carbocycles. The summed E-state index contributed by atoms with van der Waals surface area (Å²) in [4.78, 5) is 45.4. The lowest BCUT2D eigenvalue weighted by atomic mass is 10.2. The molecular formula is C23H22F6N6O6. The lowest BCUT2D eigenvalue weighted by Crippen LogP contribution is -2.37. The van der Waals surface area contributed by atoms with E-state index in [9.17, 15) is 31.1 Å². The molecule has 0 bridgehead atoms. The highest BCUT2D eigenvalue weighted by Gasteiger charge is 2.38. The number of rotatable bonds is 4. The average molecular weight is 592 g/mol. The minimum atomic E-state index is -5.08. The van der Waals surface area contributed by atoms with Crippen LogP contribution in [0.1, 0.15) is 10.5 Å². The Bertz CT molecular complexity index is 1290. The number of carbonyl (C=O) groups excluding carboxylic acids is 1. The van der Waals surface area contributed by atoms with Gasteiger partial charge in [-0.05, 0) is 18.2 Å². The molecule has 41 heavy (non-hydrogen) atoms. The number of aromatic nitrogens is 4. The van der Waals surface area contributed by atoms with Gasteiger partial charge in [-0.2, -0.15) is 26.3 Å². The lowest BCUT2D eigenvalue weighted by Gasteiger charge is -2.26. The van der Waals surface area contributed by atoms with E-state index in [1.165, 1.54) is 0 Å². The molecule has 1 aliphatic rings. The van der Waals surface area contributed by atoms with Gasteiger partial charge in [0.1, 0.15) is 5.69 Å². The first-order valence-electron chi connectivity index (χ1n) is 11.2. The minimum Gasteiger partial charge on any atom is -0.475 e. The molecule has 1 amide bonds. The number of aryl methyl sites for hydroxylation is 1. The van der Waals surface area contributed by atoms with Crippen LogP contribution < -0.4 is 10.2 Å². The first-order chi connectivity index (χ1) is 19.1. The average Bonchev–Trinajstić information content (AvgIpc) is 3.31. The molecular weight excluding hydrogens is 570 g/mol. The summed E-state index contributed by atoms with van der Waals surface area (Å²) in [6.45, 7) is 2.98.